The number of furan rings is 1. The summed E-state index contributed by atoms with van der Waals surface area (Å²) in [6.07, 6.45) is 1.66. The Labute approximate surface area is 163 Å². The fraction of sp³-hybridized carbons (Fsp3) is 0.150. The maximum Gasteiger partial charge on any atom is 0.174 e. The smallest absolute Gasteiger partial charge is 0.174 e. The molecule has 1 N–H and O–H groups in total. The predicted molar refractivity (Wildman–Crippen MR) is 109 cm³/mol. The second kappa shape index (κ2) is 8.74. The van der Waals surface area contributed by atoms with Crippen LogP contribution in [0.1, 0.15) is 11.3 Å². The monoisotopic (exact) mass is 386 g/mol. The maximum atomic E-state index is 5.95. The molecule has 26 heavy (non-hydrogen) atoms. The molecular weight excluding hydrogens is 368 g/mol. The molecule has 0 fully saturated rings. The Morgan fingerprint density at radius 2 is 1.85 bits per heavy atom. The minimum absolute atomic E-state index is 0.546. The fourth-order valence-corrected chi connectivity index (χ4v) is 2.94. The van der Waals surface area contributed by atoms with E-state index in [4.69, 9.17) is 33.0 Å². The molecule has 0 atom stereocenters. The summed E-state index contributed by atoms with van der Waals surface area (Å²) in [6.45, 7) is 1.13. The number of benzene rings is 2. The van der Waals surface area contributed by atoms with Crippen LogP contribution in [-0.2, 0) is 13.1 Å². The summed E-state index contributed by atoms with van der Waals surface area (Å²) in [4.78, 5) is 2.03. The highest BCUT2D eigenvalue weighted by molar-refractivity contribution is 7.80. The van der Waals surface area contributed by atoms with Crippen LogP contribution in [-0.4, -0.2) is 17.1 Å². The number of ether oxygens (including phenoxy) is 1. The number of anilines is 1. The zero-order valence-corrected chi connectivity index (χ0v) is 15.9. The third kappa shape index (κ3) is 4.77. The molecule has 0 unspecified atom stereocenters. The third-order valence-electron chi connectivity index (χ3n) is 3.86. The molecule has 0 aliphatic rings. The van der Waals surface area contributed by atoms with E-state index in [2.05, 4.69) is 5.32 Å². The lowest BCUT2D eigenvalue weighted by Crippen LogP contribution is -2.33. The summed E-state index contributed by atoms with van der Waals surface area (Å²) >= 11 is 11.6. The Bertz CT molecular complexity index is 851. The van der Waals surface area contributed by atoms with Gasteiger partial charge in [-0.05, 0) is 54.7 Å². The van der Waals surface area contributed by atoms with Crippen molar-refractivity contribution >= 4 is 34.6 Å². The maximum absolute atomic E-state index is 5.95. The molecule has 2 aromatic carbocycles. The average molecular weight is 387 g/mol. The largest absolute Gasteiger partial charge is 0.496 e. The van der Waals surface area contributed by atoms with E-state index in [9.17, 15) is 0 Å². The summed E-state index contributed by atoms with van der Waals surface area (Å²) in [5.74, 6) is 1.66. The summed E-state index contributed by atoms with van der Waals surface area (Å²) in [5.41, 5.74) is 1.92. The minimum Gasteiger partial charge on any atom is -0.496 e. The highest BCUT2D eigenvalue weighted by Gasteiger charge is 2.15. The van der Waals surface area contributed by atoms with E-state index in [1.165, 1.54) is 0 Å². The van der Waals surface area contributed by atoms with Crippen LogP contribution in [0.25, 0.3) is 0 Å². The zero-order valence-electron chi connectivity index (χ0n) is 14.3. The molecule has 3 rings (SSSR count). The average Bonchev–Trinajstić information content (AvgIpc) is 3.16. The Morgan fingerprint density at radius 3 is 2.54 bits per heavy atom. The number of methoxy groups -OCH3 is 1. The lowest BCUT2D eigenvalue weighted by molar-refractivity contribution is 0.348. The van der Waals surface area contributed by atoms with Crippen molar-refractivity contribution in [2.24, 2.45) is 0 Å². The van der Waals surface area contributed by atoms with E-state index in [1.54, 1.807) is 13.4 Å². The number of hydrogen-bond donors (Lipinski definition) is 1. The van der Waals surface area contributed by atoms with Crippen molar-refractivity contribution in [3.63, 3.8) is 0 Å². The van der Waals surface area contributed by atoms with Gasteiger partial charge in [0.1, 0.15) is 11.5 Å². The normalized spacial score (nSPS) is 10.4. The fourth-order valence-electron chi connectivity index (χ4n) is 2.57. The van der Waals surface area contributed by atoms with Gasteiger partial charge in [-0.2, -0.15) is 0 Å². The second-order valence-corrected chi connectivity index (χ2v) is 6.51. The van der Waals surface area contributed by atoms with E-state index in [0.29, 0.717) is 23.2 Å². The first-order chi connectivity index (χ1) is 12.7. The number of thiocarbonyl (C=S) groups is 1. The van der Waals surface area contributed by atoms with Crippen LogP contribution in [0.5, 0.6) is 5.75 Å². The Hall–Kier alpha value is -2.50. The molecule has 6 heteroatoms. The molecule has 0 aliphatic heterocycles. The van der Waals surface area contributed by atoms with Crippen LogP contribution in [0.4, 0.5) is 5.69 Å². The molecule has 0 saturated carbocycles. The minimum atomic E-state index is 0.546. The number of para-hydroxylation sites is 1. The van der Waals surface area contributed by atoms with Crippen LogP contribution in [0.3, 0.4) is 0 Å². The van der Waals surface area contributed by atoms with E-state index < -0.39 is 0 Å². The Morgan fingerprint density at radius 1 is 1.08 bits per heavy atom. The third-order valence-corrected chi connectivity index (χ3v) is 4.48. The number of nitrogens with zero attached hydrogens (tertiary/aromatic N) is 1. The molecule has 3 aromatic rings. The van der Waals surface area contributed by atoms with Crippen molar-refractivity contribution in [2.45, 2.75) is 13.1 Å². The first-order valence-electron chi connectivity index (χ1n) is 8.11. The van der Waals surface area contributed by atoms with Crippen LogP contribution in [0.2, 0.25) is 5.02 Å². The van der Waals surface area contributed by atoms with Crippen molar-refractivity contribution in [2.75, 3.05) is 12.4 Å². The highest BCUT2D eigenvalue weighted by Crippen LogP contribution is 2.22. The standard InChI is InChI=1S/C20H19ClN2O2S/c1-24-19-7-3-2-5-15(19)13-23(14-18-6-4-12-25-18)20(26)22-17-10-8-16(21)9-11-17/h2-12H,13-14H2,1H3,(H,22,26). The first kappa shape index (κ1) is 18.3. The molecule has 0 amide bonds. The van der Waals surface area contributed by atoms with E-state index >= 15 is 0 Å². The molecule has 0 bridgehead atoms. The molecule has 0 radical (unpaired) electrons. The first-order valence-corrected chi connectivity index (χ1v) is 8.90. The van der Waals surface area contributed by atoms with Gasteiger partial charge in [0.15, 0.2) is 5.11 Å². The summed E-state index contributed by atoms with van der Waals surface area (Å²) < 4.78 is 11.0. The van der Waals surface area contributed by atoms with Crippen molar-refractivity contribution < 1.29 is 9.15 Å². The van der Waals surface area contributed by atoms with E-state index in [0.717, 1.165) is 22.8 Å². The van der Waals surface area contributed by atoms with Crippen LogP contribution in [0.15, 0.2) is 71.3 Å². The van der Waals surface area contributed by atoms with Gasteiger partial charge in [0.25, 0.3) is 0 Å². The van der Waals surface area contributed by atoms with Crippen LogP contribution >= 0.6 is 23.8 Å². The molecule has 0 spiro atoms. The van der Waals surface area contributed by atoms with Crippen LogP contribution in [0, 0.1) is 0 Å². The molecule has 1 heterocycles. The van der Waals surface area contributed by atoms with E-state index in [1.807, 2.05) is 65.6 Å². The summed E-state index contributed by atoms with van der Waals surface area (Å²) in [7, 11) is 1.67. The SMILES string of the molecule is COc1ccccc1CN(Cc1ccco1)C(=S)Nc1ccc(Cl)cc1. The topological polar surface area (TPSA) is 37.6 Å². The van der Waals surface area contributed by atoms with E-state index in [-0.39, 0.29) is 0 Å². The predicted octanol–water partition coefficient (Wildman–Crippen LogP) is 5.34. The number of nitrogens with one attached hydrogen (secondary N) is 1. The van der Waals surface area contributed by atoms with Gasteiger partial charge in [-0.1, -0.05) is 29.8 Å². The molecule has 134 valence electrons. The van der Waals surface area contributed by atoms with Gasteiger partial charge in [-0.15, -0.1) is 0 Å². The molecule has 0 aliphatic carbocycles. The van der Waals surface area contributed by atoms with Gasteiger partial charge in [0.2, 0.25) is 0 Å². The lowest BCUT2D eigenvalue weighted by Gasteiger charge is -2.26. The zero-order chi connectivity index (χ0) is 18.4. The van der Waals surface area contributed by atoms with Crippen molar-refractivity contribution in [3.8, 4) is 5.75 Å². The number of halogens is 1. The molecule has 1 aromatic heterocycles. The van der Waals surface area contributed by atoms with Crippen LogP contribution < -0.4 is 10.1 Å². The molecule has 4 nitrogen and oxygen atoms in total. The van der Waals surface area contributed by atoms with Gasteiger partial charge in [-0.3, -0.25) is 0 Å². The van der Waals surface area contributed by atoms with Gasteiger partial charge >= 0.3 is 0 Å². The Kier molecular flexibility index (Phi) is 6.15. The van der Waals surface area contributed by atoms with Gasteiger partial charge in [-0.25, -0.2) is 0 Å². The van der Waals surface area contributed by atoms with Crippen molar-refractivity contribution in [1.82, 2.24) is 4.90 Å². The lowest BCUT2D eigenvalue weighted by atomic mass is 10.2. The van der Waals surface area contributed by atoms with Gasteiger partial charge in [0.05, 0.1) is 19.9 Å². The van der Waals surface area contributed by atoms with Gasteiger partial charge < -0.3 is 19.4 Å². The highest BCUT2D eigenvalue weighted by atomic mass is 35.5. The second-order valence-electron chi connectivity index (χ2n) is 5.68. The number of hydrogen-bond acceptors (Lipinski definition) is 3. The van der Waals surface area contributed by atoms with Crippen molar-refractivity contribution in [3.05, 3.63) is 83.3 Å². The van der Waals surface area contributed by atoms with Crippen molar-refractivity contribution in [1.29, 1.82) is 0 Å². The number of rotatable bonds is 6. The van der Waals surface area contributed by atoms with Gasteiger partial charge in [0, 0.05) is 22.8 Å². The summed E-state index contributed by atoms with van der Waals surface area (Å²) in [5, 5.41) is 4.53. The quantitative estimate of drug-likeness (QED) is 0.579. The summed E-state index contributed by atoms with van der Waals surface area (Å²) in [6, 6.07) is 19.1. The molecule has 0 saturated heterocycles. The molecular formula is C20H19ClN2O2S. The Balaban J connectivity index is 1.80.